The molecule has 3 rings (SSSR count). The van der Waals surface area contributed by atoms with Crippen LogP contribution in [0.15, 0.2) is 60.7 Å². The van der Waals surface area contributed by atoms with E-state index in [2.05, 4.69) is 16.5 Å². The molecule has 1 amide bonds. The van der Waals surface area contributed by atoms with Gasteiger partial charge in [-0.1, -0.05) is 30.3 Å². The summed E-state index contributed by atoms with van der Waals surface area (Å²) >= 11 is 0. The highest BCUT2D eigenvalue weighted by Crippen LogP contribution is 2.20. The number of carbonyl (C=O) groups excluding carboxylic acids is 1. The van der Waals surface area contributed by atoms with E-state index in [1.165, 1.54) is 4.68 Å². The highest BCUT2D eigenvalue weighted by molar-refractivity contribution is 6.03. The number of hydrogen-bond donors (Lipinski definition) is 1. The van der Waals surface area contributed by atoms with Gasteiger partial charge in [-0.3, -0.25) is 9.48 Å². The Morgan fingerprint density at radius 1 is 1.13 bits per heavy atom. The number of para-hydroxylation sites is 1. The SMILES string of the molecule is Cn1nc(-c2cccc(C#N)c2)cc1C(=O)Nc1ccccc1. The van der Waals surface area contributed by atoms with Crippen molar-refractivity contribution in [3.63, 3.8) is 0 Å². The van der Waals surface area contributed by atoms with Gasteiger partial charge in [0, 0.05) is 18.3 Å². The van der Waals surface area contributed by atoms with E-state index in [1.807, 2.05) is 36.4 Å². The fourth-order valence-electron chi connectivity index (χ4n) is 2.29. The van der Waals surface area contributed by atoms with E-state index in [0.717, 1.165) is 11.3 Å². The Bertz CT molecular complexity index is 891. The molecule has 0 aliphatic heterocycles. The summed E-state index contributed by atoms with van der Waals surface area (Å²) in [4.78, 5) is 12.4. The zero-order valence-corrected chi connectivity index (χ0v) is 12.5. The van der Waals surface area contributed by atoms with Crippen molar-refractivity contribution in [3.8, 4) is 17.3 Å². The van der Waals surface area contributed by atoms with E-state index < -0.39 is 0 Å². The number of aromatic nitrogens is 2. The van der Waals surface area contributed by atoms with Gasteiger partial charge in [-0.05, 0) is 30.3 Å². The lowest BCUT2D eigenvalue weighted by atomic mass is 10.1. The summed E-state index contributed by atoms with van der Waals surface area (Å²) in [6.45, 7) is 0. The quantitative estimate of drug-likeness (QED) is 0.807. The highest BCUT2D eigenvalue weighted by atomic mass is 16.2. The molecule has 0 bridgehead atoms. The maximum atomic E-state index is 12.4. The molecule has 5 nitrogen and oxygen atoms in total. The first-order chi connectivity index (χ1) is 11.2. The number of hydrogen-bond acceptors (Lipinski definition) is 3. The van der Waals surface area contributed by atoms with E-state index in [4.69, 9.17) is 5.26 Å². The number of carbonyl (C=O) groups is 1. The van der Waals surface area contributed by atoms with Gasteiger partial charge in [0.15, 0.2) is 0 Å². The fraction of sp³-hybridized carbons (Fsp3) is 0.0556. The van der Waals surface area contributed by atoms with Gasteiger partial charge < -0.3 is 5.32 Å². The predicted molar refractivity (Wildman–Crippen MR) is 87.8 cm³/mol. The van der Waals surface area contributed by atoms with Crippen LogP contribution in [-0.4, -0.2) is 15.7 Å². The monoisotopic (exact) mass is 302 g/mol. The molecule has 112 valence electrons. The number of nitrogens with one attached hydrogen (secondary N) is 1. The summed E-state index contributed by atoms with van der Waals surface area (Å²) in [5, 5.41) is 16.2. The van der Waals surface area contributed by atoms with Crippen LogP contribution in [-0.2, 0) is 7.05 Å². The van der Waals surface area contributed by atoms with Crippen LogP contribution in [0.4, 0.5) is 5.69 Å². The number of nitriles is 1. The van der Waals surface area contributed by atoms with Crippen LogP contribution < -0.4 is 5.32 Å². The molecule has 0 fully saturated rings. The standard InChI is InChI=1S/C18H14N4O/c1-22-17(18(23)20-15-8-3-2-4-9-15)11-16(21-22)14-7-5-6-13(10-14)12-19/h2-11H,1H3,(H,20,23). The Balaban J connectivity index is 1.89. The summed E-state index contributed by atoms with van der Waals surface area (Å²) < 4.78 is 1.53. The molecule has 1 N–H and O–H groups in total. The molecule has 0 aliphatic rings. The summed E-state index contributed by atoms with van der Waals surface area (Å²) in [5.74, 6) is -0.228. The maximum Gasteiger partial charge on any atom is 0.273 e. The number of nitrogens with zero attached hydrogens (tertiary/aromatic N) is 3. The van der Waals surface area contributed by atoms with Crippen molar-refractivity contribution >= 4 is 11.6 Å². The minimum atomic E-state index is -0.228. The van der Waals surface area contributed by atoms with Crippen molar-refractivity contribution in [2.45, 2.75) is 0 Å². The van der Waals surface area contributed by atoms with Gasteiger partial charge in [0.05, 0.1) is 17.3 Å². The third-order valence-corrected chi connectivity index (χ3v) is 3.43. The molecule has 0 atom stereocenters. The lowest BCUT2D eigenvalue weighted by Gasteiger charge is -2.04. The first-order valence-corrected chi connectivity index (χ1v) is 7.08. The first-order valence-electron chi connectivity index (χ1n) is 7.08. The second-order valence-corrected chi connectivity index (χ2v) is 5.05. The molecule has 1 heterocycles. The number of rotatable bonds is 3. The van der Waals surface area contributed by atoms with Gasteiger partial charge in [0.2, 0.25) is 0 Å². The molecule has 0 unspecified atom stereocenters. The molecule has 0 saturated heterocycles. The van der Waals surface area contributed by atoms with Gasteiger partial charge in [0.1, 0.15) is 5.69 Å². The van der Waals surface area contributed by atoms with Gasteiger partial charge in [-0.2, -0.15) is 10.4 Å². The zero-order chi connectivity index (χ0) is 16.2. The fourth-order valence-corrected chi connectivity index (χ4v) is 2.29. The van der Waals surface area contributed by atoms with Gasteiger partial charge in [-0.25, -0.2) is 0 Å². The normalized spacial score (nSPS) is 10.1. The molecule has 0 radical (unpaired) electrons. The van der Waals surface area contributed by atoms with Crippen LogP contribution >= 0.6 is 0 Å². The Labute approximate surface area is 133 Å². The Morgan fingerprint density at radius 2 is 1.91 bits per heavy atom. The highest BCUT2D eigenvalue weighted by Gasteiger charge is 2.14. The van der Waals surface area contributed by atoms with Crippen LogP contribution in [0.5, 0.6) is 0 Å². The van der Waals surface area contributed by atoms with E-state index in [-0.39, 0.29) is 5.91 Å². The lowest BCUT2D eigenvalue weighted by Crippen LogP contribution is -2.15. The van der Waals surface area contributed by atoms with Crippen LogP contribution in [0.25, 0.3) is 11.3 Å². The van der Waals surface area contributed by atoms with E-state index in [1.54, 1.807) is 31.3 Å². The molecular weight excluding hydrogens is 288 g/mol. The van der Waals surface area contributed by atoms with Crippen molar-refractivity contribution in [3.05, 3.63) is 71.9 Å². The minimum absolute atomic E-state index is 0.228. The largest absolute Gasteiger partial charge is 0.321 e. The smallest absolute Gasteiger partial charge is 0.273 e. The average Bonchev–Trinajstić information content (AvgIpc) is 2.98. The summed E-state index contributed by atoms with van der Waals surface area (Å²) in [5.41, 5.74) is 3.20. The van der Waals surface area contributed by atoms with E-state index in [9.17, 15) is 4.79 Å². The minimum Gasteiger partial charge on any atom is -0.321 e. The maximum absolute atomic E-state index is 12.4. The first kappa shape index (κ1) is 14.5. The Kier molecular flexibility index (Phi) is 3.89. The third-order valence-electron chi connectivity index (χ3n) is 3.43. The van der Waals surface area contributed by atoms with Gasteiger partial charge >= 0.3 is 0 Å². The van der Waals surface area contributed by atoms with E-state index >= 15 is 0 Å². The molecule has 2 aromatic carbocycles. The molecule has 3 aromatic rings. The number of benzene rings is 2. The topological polar surface area (TPSA) is 70.7 Å². The van der Waals surface area contributed by atoms with Crippen molar-refractivity contribution < 1.29 is 4.79 Å². The summed E-state index contributed by atoms with van der Waals surface area (Å²) in [7, 11) is 1.72. The van der Waals surface area contributed by atoms with Gasteiger partial charge in [-0.15, -0.1) is 0 Å². The van der Waals surface area contributed by atoms with Crippen molar-refractivity contribution in [1.82, 2.24) is 9.78 Å². The third kappa shape index (κ3) is 3.11. The molecular formula is C18H14N4O. The van der Waals surface area contributed by atoms with E-state index in [0.29, 0.717) is 17.0 Å². The number of anilines is 1. The number of aryl methyl sites for hydroxylation is 1. The van der Waals surface area contributed by atoms with Crippen molar-refractivity contribution in [1.29, 1.82) is 5.26 Å². The zero-order valence-electron chi connectivity index (χ0n) is 12.5. The second kappa shape index (κ2) is 6.16. The molecule has 23 heavy (non-hydrogen) atoms. The molecule has 0 aliphatic carbocycles. The van der Waals surface area contributed by atoms with Crippen LogP contribution in [0.1, 0.15) is 16.1 Å². The Morgan fingerprint density at radius 3 is 2.65 bits per heavy atom. The second-order valence-electron chi connectivity index (χ2n) is 5.05. The van der Waals surface area contributed by atoms with Crippen molar-refractivity contribution in [2.75, 3.05) is 5.32 Å². The summed E-state index contributed by atoms with van der Waals surface area (Å²) in [6, 6.07) is 20.2. The van der Waals surface area contributed by atoms with Crippen molar-refractivity contribution in [2.24, 2.45) is 7.05 Å². The average molecular weight is 302 g/mol. The number of amides is 1. The Hall–Kier alpha value is -3.39. The molecule has 0 spiro atoms. The van der Waals surface area contributed by atoms with Crippen LogP contribution in [0, 0.1) is 11.3 Å². The molecule has 0 saturated carbocycles. The summed E-state index contributed by atoms with van der Waals surface area (Å²) in [6.07, 6.45) is 0. The molecule has 1 aromatic heterocycles. The molecule has 5 heteroatoms. The van der Waals surface area contributed by atoms with Crippen LogP contribution in [0.3, 0.4) is 0 Å². The van der Waals surface area contributed by atoms with Gasteiger partial charge in [0.25, 0.3) is 5.91 Å². The van der Waals surface area contributed by atoms with Crippen LogP contribution in [0.2, 0.25) is 0 Å². The lowest BCUT2D eigenvalue weighted by molar-refractivity contribution is 0.101. The predicted octanol–water partition coefficient (Wildman–Crippen LogP) is 3.21.